The summed E-state index contributed by atoms with van der Waals surface area (Å²) in [6, 6.07) is 24.7. The molecule has 26 heavy (non-hydrogen) atoms. The second kappa shape index (κ2) is 7.52. The van der Waals surface area contributed by atoms with E-state index in [9.17, 15) is 13.7 Å². The van der Waals surface area contributed by atoms with Gasteiger partial charge >= 0.3 is 0 Å². The molecule has 0 unspecified atom stereocenters. The minimum atomic E-state index is -3.88. The number of sulfonamides is 1. The quantitative estimate of drug-likeness (QED) is 0.747. The van der Waals surface area contributed by atoms with E-state index in [1.807, 2.05) is 67.6 Å². The lowest BCUT2D eigenvalue weighted by Gasteiger charge is -2.20. The maximum atomic E-state index is 13.0. The molecule has 0 spiro atoms. The average Bonchev–Trinajstić information content (AvgIpc) is 2.67. The van der Waals surface area contributed by atoms with Gasteiger partial charge < -0.3 is 0 Å². The number of nitriles is 1. The van der Waals surface area contributed by atoms with Crippen molar-refractivity contribution >= 4 is 10.0 Å². The molecular formula is C21H18N2O2S. The van der Waals surface area contributed by atoms with Gasteiger partial charge in [-0.05, 0) is 30.2 Å². The Bertz CT molecular complexity index is 1040. The van der Waals surface area contributed by atoms with Crippen LogP contribution in [0, 0.1) is 18.3 Å². The van der Waals surface area contributed by atoms with Crippen LogP contribution in [0.2, 0.25) is 0 Å². The van der Waals surface area contributed by atoms with Crippen LogP contribution in [0.1, 0.15) is 28.3 Å². The van der Waals surface area contributed by atoms with Crippen molar-refractivity contribution < 1.29 is 8.42 Å². The SMILES string of the molecule is Cc1ccc([C@@H](NS(=O)(=O)c2ccccc2C#N)c2ccccc2)cc1. The molecule has 0 aromatic heterocycles. The highest BCUT2D eigenvalue weighted by Gasteiger charge is 2.24. The maximum absolute atomic E-state index is 13.0. The Balaban J connectivity index is 2.06. The molecule has 1 N–H and O–H groups in total. The van der Waals surface area contributed by atoms with Crippen LogP contribution < -0.4 is 4.72 Å². The van der Waals surface area contributed by atoms with Crippen molar-refractivity contribution in [3.8, 4) is 6.07 Å². The highest BCUT2D eigenvalue weighted by atomic mass is 32.2. The number of hydrogen-bond acceptors (Lipinski definition) is 3. The highest BCUT2D eigenvalue weighted by molar-refractivity contribution is 7.89. The monoisotopic (exact) mass is 362 g/mol. The van der Waals surface area contributed by atoms with Gasteiger partial charge in [0.05, 0.1) is 16.5 Å². The predicted molar refractivity (Wildman–Crippen MR) is 101 cm³/mol. The summed E-state index contributed by atoms with van der Waals surface area (Å²) in [5.41, 5.74) is 2.88. The first-order chi connectivity index (χ1) is 12.5. The molecular weight excluding hydrogens is 344 g/mol. The van der Waals surface area contributed by atoms with E-state index in [1.165, 1.54) is 12.1 Å². The van der Waals surface area contributed by atoms with Crippen LogP contribution in [0.5, 0.6) is 0 Å². The van der Waals surface area contributed by atoms with Crippen LogP contribution in [-0.2, 0) is 10.0 Å². The topological polar surface area (TPSA) is 70.0 Å². The van der Waals surface area contributed by atoms with Gasteiger partial charge in [0.25, 0.3) is 0 Å². The minimum Gasteiger partial charge on any atom is -0.207 e. The number of rotatable bonds is 5. The third-order valence-electron chi connectivity index (χ3n) is 4.11. The van der Waals surface area contributed by atoms with Gasteiger partial charge in [0.1, 0.15) is 6.07 Å². The molecule has 3 aromatic carbocycles. The van der Waals surface area contributed by atoms with Crippen molar-refractivity contribution in [3.05, 3.63) is 101 Å². The fourth-order valence-electron chi connectivity index (χ4n) is 2.74. The highest BCUT2D eigenvalue weighted by Crippen LogP contribution is 2.25. The molecule has 4 nitrogen and oxygen atoms in total. The van der Waals surface area contributed by atoms with Crippen molar-refractivity contribution in [3.63, 3.8) is 0 Å². The van der Waals surface area contributed by atoms with Crippen LogP contribution >= 0.6 is 0 Å². The lowest BCUT2D eigenvalue weighted by molar-refractivity contribution is 0.572. The zero-order valence-electron chi connectivity index (χ0n) is 14.3. The Kier molecular flexibility index (Phi) is 5.17. The summed E-state index contributed by atoms with van der Waals surface area (Å²) in [4.78, 5) is -0.0180. The van der Waals surface area contributed by atoms with Gasteiger partial charge in [-0.25, -0.2) is 8.42 Å². The van der Waals surface area contributed by atoms with Gasteiger partial charge in [0.15, 0.2) is 0 Å². The molecule has 0 saturated heterocycles. The molecule has 130 valence electrons. The Hall–Kier alpha value is -2.94. The molecule has 0 heterocycles. The summed E-state index contributed by atoms with van der Waals surface area (Å²) in [6.45, 7) is 1.98. The summed E-state index contributed by atoms with van der Waals surface area (Å²) in [7, 11) is -3.88. The molecule has 0 saturated carbocycles. The Morgan fingerprint density at radius 2 is 1.42 bits per heavy atom. The van der Waals surface area contributed by atoms with E-state index in [1.54, 1.807) is 12.1 Å². The molecule has 0 aliphatic heterocycles. The fraction of sp³-hybridized carbons (Fsp3) is 0.0952. The van der Waals surface area contributed by atoms with E-state index in [0.29, 0.717) is 0 Å². The summed E-state index contributed by atoms with van der Waals surface area (Å²) >= 11 is 0. The molecule has 0 aliphatic carbocycles. The molecule has 0 fully saturated rings. The molecule has 0 amide bonds. The van der Waals surface area contributed by atoms with Gasteiger partial charge in [-0.15, -0.1) is 0 Å². The Morgan fingerprint density at radius 3 is 2.08 bits per heavy atom. The van der Waals surface area contributed by atoms with E-state index in [2.05, 4.69) is 4.72 Å². The van der Waals surface area contributed by atoms with Crippen molar-refractivity contribution in [2.24, 2.45) is 0 Å². The van der Waals surface area contributed by atoms with Crippen molar-refractivity contribution in [2.75, 3.05) is 0 Å². The lowest BCUT2D eigenvalue weighted by Crippen LogP contribution is -2.30. The normalized spacial score (nSPS) is 12.3. The van der Waals surface area contributed by atoms with Crippen molar-refractivity contribution in [2.45, 2.75) is 17.9 Å². The first-order valence-electron chi connectivity index (χ1n) is 8.14. The summed E-state index contributed by atoms with van der Waals surface area (Å²) in [6.07, 6.45) is 0. The van der Waals surface area contributed by atoms with E-state index in [-0.39, 0.29) is 10.5 Å². The smallest absolute Gasteiger partial charge is 0.207 e. The number of nitrogens with one attached hydrogen (secondary N) is 1. The predicted octanol–water partition coefficient (Wildman–Crippen LogP) is 3.93. The summed E-state index contributed by atoms with van der Waals surface area (Å²) in [5, 5.41) is 9.24. The number of benzene rings is 3. The fourth-order valence-corrected chi connectivity index (χ4v) is 4.12. The molecule has 5 heteroatoms. The van der Waals surface area contributed by atoms with Crippen LogP contribution in [0.3, 0.4) is 0 Å². The van der Waals surface area contributed by atoms with Crippen LogP contribution in [0.4, 0.5) is 0 Å². The first kappa shape index (κ1) is 17.9. The lowest BCUT2D eigenvalue weighted by atomic mass is 9.99. The number of hydrogen-bond donors (Lipinski definition) is 1. The van der Waals surface area contributed by atoms with Crippen LogP contribution in [0.15, 0.2) is 83.8 Å². The minimum absolute atomic E-state index is 0.0180. The van der Waals surface area contributed by atoms with Gasteiger partial charge in [0, 0.05) is 0 Å². The number of aryl methyl sites for hydroxylation is 1. The second-order valence-corrected chi connectivity index (χ2v) is 7.67. The maximum Gasteiger partial charge on any atom is 0.242 e. The third kappa shape index (κ3) is 3.83. The molecule has 0 aliphatic rings. The van der Waals surface area contributed by atoms with Crippen LogP contribution in [0.25, 0.3) is 0 Å². The van der Waals surface area contributed by atoms with E-state index in [4.69, 9.17) is 0 Å². The van der Waals surface area contributed by atoms with E-state index in [0.717, 1.165) is 16.7 Å². The molecule has 3 rings (SSSR count). The molecule has 0 radical (unpaired) electrons. The zero-order valence-corrected chi connectivity index (χ0v) is 15.1. The molecule has 3 aromatic rings. The van der Waals surface area contributed by atoms with Gasteiger partial charge in [-0.1, -0.05) is 72.3 Å². The average molecular weight is 362 g/mol. The zero-order chi connectivity index (χ0) is 18.6. The van der Waals surface area contributed by atoms with Gasteiger partial charge in [0.2, 0.25) is 10.0 Å². The summed E-state index contributed by atoms with van der Waals surface area (Å²) in [5.74, 6) is 0. The van der Waals surface area contributed by atoms with Crippen molar-refractivity contribution in [1.29, 1.82) is 5.26 Å². The second-order valence-electron chi connectivity index (χ2n) is 5.98. The Labute approximate surface area is 153 Å². The first-order valence-corrected chi connectivity index (χ1v) is 9.62. The third-order valence-corrected chi connectivity index (χ3v) is 5.59. The van der Waals surface area contributed by atoms with Crippen LogP contribution in [-0.4, -0.2) is 8.42 Å². The molecule has 0 bridgehead atoms. The number of nitrogens with zero attached hydrogens (tertiary/aromatic N) is 1. The summed E-state index contributed by atoms with van der Waals surface area (Å²) < 4.78 is 28.7. The van der Waals surface area contributed by atoms with Gasteiger partial charge in [-0.2, -0.15) is 9.98 Å². The Morgan fingerprint density at radius 1 is 0.846 bits per heavy atom. The molecule has 1 atom stereocenters. The largest absolute Gasteiger partial charge is 0.242 e. The van der Waals surface area contributed by atoms with E-state index >= 15 is 0 Å². The standard InChI is InChI=1S/C21H18N2O2S/c1-16-11-13-18(14-12-16)21(17-7-3-2-4-8-17)23-26(24,25)20-10-6-5-9-19(20)15-22/h2-14,21,23H,1H3/t21-/m0/s1. The van der Waals surface area contributed by atoms with Gasteiger partial charge in [-0.3, -0.25) is 0 Å². The van der Waals surface area contributed by atoms with E-state index < -0.39 is 16.1 Å². The van der Waals surface area contributed by atoms with Crippen molar-refractivity contribution in [1.82, 2.24) is 4.72 Å².